The van der Waals surface area contributed by atoms with Crippen LogP contribution >= 0.6 is 12.4 Å². The highest BCUT2D eigenvalue weighted by Gasteiger charge is 2.33. The fraction of sp³-hybridized carbons (Fsp3) is 0.765. The molecular formula is C17H29ClN4O. The molecule has 0 spiro atoms. The maximum absolute atomic E-state index is 12.6. The normalized spacial score (nSPS) is 24.9. The largest absolute Gasteiger partial charge is 0.348 e. The number of amides is 1. The van der Waals surface area contributed by atoms with Crippen molar-refractivity contribution >= 4 is 18.3 Å². The van der Waals surface area contributed by atoms with Crippen LogP contribution in [-0.4, -0.2) is 34.8 Å². The molecule has 0 radical (unpaired) electrons. The van der Waals surface area contributed by atoms with E-state index in [1.165, 1.54) is 18.5 Å². The molecule has 1 aliphatic heterocycles. The number of carbonyl (C=O) groups excluding carboxylic acids is 1. The van der Waals surface area contributed by atoms with E-state index in [0.29, 0.717) is 17.5 Å². The van der Waals surface area contributed by atoms with Crippen LogP contribution in [0.2, 0.25) is 0 Å². The number of halogens is 1. The van der Waals surface area contributed by atoms with Gasteiger partial charge in [-0.15, -0.1) is 12.4 Å². The van der Waals surface area contributed by atoms with Gasteiger partial charge in [0.2, 0.25) is 0 Å². The second kappa shape index (κ2) is 6.81. The Labute approximate surface area is 145 Å². The number of hydrogen-bond acceptors (Lipinski definition) is 3. The summed E-state index contributed by atoms with van der Waals surface area (Å²) >= 11 is 0. The molecule has 1 aliphatic carbocycles. The van der Waals surface area contributed by atoms with Crippen LogP contribution in [0.3, 0.4) is 0 Å². The van der Waals surface area contributed by atoms with Crippen molar-refractivity contribution in [1.82, 2.24) is 20.4 Å². The number of hydrogen-bond donors (Lipinski definition) is 2. The molecule has 2 fully saturated rings. The van der Waals surface area contributed by atoms with Crippen molar-refractivity contribution in [3.05, 3.63) is 17.5 Å². The van der Waals surface area contributed by atoms with Crippen LogP contribution in [0.4, 0.5) is 0 Å². The summed E-state index contributed by atoms with van der Waals surface area (Å²) < 4.78 is 2.05. The van der Waals surface area contributed by atoms with Crippen molar-refractivity contribution < 1.29 is 4.79 Å². The summed E-state index contributed by atoms with van der Waals surface area (Å²) in [5.41, 5.74) is 1.71. The van der Waals surface area contributed by atoms with Crippen molar-refractivity contribution in [3.63, 3.8) is 0 Å². The van der Waals surface area contributed by atoms with Gasteiger partial charge in [-0.3, -0.25) is 9.48 Å². The molecule has 2 aliphatic rings. The Balaban J connectivity index is 0.00000192. The third kappa shape index (κ3) is 4.07. The van der Waals surface area contributed by atoms with Crippen molar-refractivity contribution in [2.45, 2.75) is 64.5 Å². The van der Waals surface area contributed by atoms with Crippen LogP contribution in [-0.2, 0) is 5.54 Å². The molecular weight excluding hydrogens is 312 g/mol. The number of nitrogens with zero attached hydrogens (tertiary/aromatic N) is 2. The lowest BCUT2D eigenvalue weighted by Crippen LogP contribution is -2.48. The summed E-state index contributed by atoms with van der Waals surface area (Å²) in [6.07, 6.45) is 3.42. The van der Waals surface area contributed by atoms with Crippen LogP contribution in [0.25, 0.3) is 0 Å². The molecule has 1 aromatic heterocycles. The van der Waals surface area contributed by atoms with Gasteiger partial charge in [0.1, 0.15) is 5.69 Å². The lowest BCUT2D eigenvalue weighted by Gasteiger charge is -2.29. The average molecular weight is 341 g/mol. The van der Waals surface area contributed by atoms with Crippen LogP contribution in [0.5, 0.6) is 0 Å². The number of piperidine rings is 1. The Morgan fingerprint density at radius 3 is 2.61 bits per heavy atom. The van der Waals surface area contributed by atoms with Crippen molar-refractivity contribution in [2.75, 3.05) is 13.1 Å². The lowest BCUT2D eigenvalue weighted by molar-refractivity contribution is 0.0907. The van der Waals surface area contributed by atoms with Crippen LogP contribution in [0.15, 0.2) is 6.07 Å². The van der Waals surface area contributed by atoms with E-state index in [9.17, 15) is 4.79 Å². The van der Waals surface area contributed by atoms with E-state index in [-0.39, 0.29) is 29.9 Å². The predicted octanol–water partition coefficient (Wildman–Crippen LogP) is 2.67. The van der Waals surface area contributed by atoms with E-state index < -0.39 is 0 Å². The van der Waals surface area contributed by atoms with E-state index in [4.69, 9.17) is 0 Å². The standard InChI is InChI=1S/C17H28N4O.ClH/c1-11-10-18-8-7-13(11)19-16(22)14-9-15(12-5-6-12)21(20-14)17(2,3)4;/h9,11-13,18H,5-8,10H2,1-4H3,(H,19,22);1H. The SMILES string of the molecule is CC1CNCCC1NC(=O)c1cc(C2CC2)n(C(C)(C)C)n1.Cl. The summed E-state index contributed by atoms with van der Waals surface area (Å²) in [4.78, 5) is 12.6. The molecule has 1 amide bonds. The minimum absolute atomic E-state index is 0. The summed E-state index contributed by atoms with van der Waals surface area (Å²) in [6, 6.07) is 2.25. The van der Waals surface area contributed by atoms with Gasteiger partial charge in [0.25, 0.3) is 5.91 Å². The molecule has 5 nitrogen and oxygen atoms in total. The zero-order chi connectivity index (χ0) is 15.9. The quantitative estimate of drug-likeness (QED) is 0.889. The van der Waals surface area contributed by atoms with Gasteiger partial charge in [-0.05, 0) is 65.1 Å². The van der Waals surface area contributed by atoms with Crippen molar-refractivity contribution in [2.24, 2.45) is 5.92 Å². The van der Waals surface area contributed by atoms with Gasteiger partial charge in [0, 0.05) is 17.7 Å². The van der Waals surface area contributed by atoms with Gasteiger partial charge in [0.05, 0.1) is 5.54 Å². The number of carbonyl (C=O) groups is 1. The highest BCUT2D eigenvalue weighted by Crippen LogP contribution is 2.41. The molecule has 130 valence electrons. The Morgan fingerprint density at radius 1 is 1.35 bits per heavy atom. The topological polar surface area (TPSA) is 58.9 Å². The fourth-order valence-corrected chi connectivity index (χ4v) is 3.18. The predicted molar refractivity (Wildman–Crippen MR) is 94.4 cm³/mol. The Hall–Kier alpha value is -1.07. The summed E-state index contributed by atoms with van der Waals surface area (Å²) in [5.74, 6) is 1.03. The Bertz CT molecular complexity index is 559. The van der Waals surface area contributed by atoms with E-state index >= 15 is 0 Å². The zero-order valence-electron chi connectivity index (χ0n) is 14.6. The molecule has 1 saturated heterocycles. The maximum atomic E-state index is 12.6. The highest BCUT2D eigenvalue weighted by molar-refractivity contribution is 5.92. The molecule has 0 bridgehead atoms. The lowest BCUT2D eigenvalue weighted by atomic mass is 9.95. The molecule has 2 atom stereocenters. The molecule has 2 N–H and O–H groups in total. The number of rotatable bonds is 3. The van der Waals surface area contributed by atoms with Gasteiger partial charge < -0.3 is 10.6 Å². The Kier molecular flexibility index (Phi) is 5.41. The van der Waals surface area contributed by atoms with Crippen LogP contribution in [0, 0.1) is 5.92 Å². The second-order valence-electron chi connectivity index (χ2n) is 7.86. The van der Waals surface area contributed by atoms with Crippen LogP contribution in [0.1, 0.15) is 69.1 Å². The molecule has 2 heterocycles. The molecule has 6 heteroatoms. The summed E-state index contributed by atoms with van der Waals surface area (Å²) in [7, 11) is 0. The molecule has 1 aromatic rings. The monoisotopic (exact) mass is 340 g/mol. The average Bonchev–Trinajstić information content (AvgIpc) is 3.18. The minimum Gasteiger partial charge on any atom is -0.348 e. The van der Waals surface area contributed by atoms with Gasteiger partial charge in [-0.2, -0.15) is 5.10 Å². The van der Waals surface area contributed by atoms with Gasteiger partial charge in [-0.25, -0.2) is 0 Å². The van der Waals surface area contributed by atoms with Crippen molar-refractivity contribution in [1.29, 1.82) is 0 Å². The fourth-order valence-electron chi connectivity index (χ4n) is 3.18. The molecule has 2 unspecified atom stereocenters. The number of nitrogens with one attached hydrogen (secondary N) is 2. The maximum Gasteiger partial charge on any atom is 0.272 e. The van der Waals surface area contributed by atoms with Crippen LogP contribution < -0.4 is 10.6 Å². The van der Waals surface area contributed by atoms with E-state index in [0.717, 1.165) is 19.5 Å². The molecule has 23 heavy (non-hydrogen) atoms. The van der Waals surface area contributed by atoms with Gasteiger partial charge >= 0.3 is 0 Å². The first-order chi connectivity index (χ1) is 10.4. The van der Waals surface area contributed by atoms with Gasteiger partial charge in [-0.1, -0.05) is 6.92 Å². The number of aromatic nitrogens is 2. The minimum atomic E-state index is -0.0848. The first kappa shape index (κ1) is 18.3. The summed E-state index contributed by atoms with van der Waals surface area (Å²) in [6.45, 7) is 10.5. The first-order valence-corrected chi connectivity index (χ1v) is 8.48. The van der Waals surface area contributed by atoms with E-state index in [2.05, 4.69) is 43.4 Å². The van der Waals surface area contributed by atoms with Crippen molar-refractivity contribution in [3.8, 4) is 0 Å². The zero-order valence-corrected chi connectivity index (χ0v) is 15.4. The molecule has 3 rings (SSSR count). The third-order valence-electron chi connectivity index (χ3n) is 4.70. The molecule has 1 saturated carbocycles. The first-order valence-electron chi connectivity index (χ1n) is 8.48. The smallest absolute Gasteiger partial charge is 0.272 e. The highest BCUT2D eigenvalue weighted by atomic mass is 35.5. The molecule has 0 aromatic carbocycles. The van der Waals surface area contributed by atoms with E-state index in [1.54, 1.807) is 0 Å². The third-order valence-corrected chi connectivity index (χ3v) is 4.70. The van der Waals surface area contributed by atoms with E-state index in [1.807, 2.05) is 10.7 Å². The second-order valence-corrected chi connectivity index (χ2v) is 7.86. The van der Waals surface area contributed by atoms with Gasteiger partial charge in [0.15, 0.2) is 0 Å². The summed E-state index contributed by atoms with van der Waals surface area (Å²) in [5, 5.41) is 11.2. The Morgan fingerprint density at radius 2 is 2.04 bits per heavy atom.